The average Bonchev–Trinajstić information content (AvgIpc) is 2.35. The highest BCUT2D eigenvalue weighted by Crippen LogP contribution is 2.26. The van der Waals surface area contributed by atoms with Crippen LogP contribution in [0.25, 0.3) is 0 Å². The van der Waals surface area contributed by atoms with Crippen LogP contribution >= 0.6 is 11.8 Å². The normalized spacial score (nSPS) is 24.8. The van der Waals surface area contributed by atoms with E-state index >= 15 is 0 Å². The first-order valence-electron chi connectivity index (χ1n) is 7.06. The van der Waals surface area contributed by atoms with Gasteiger partial charge in [-0.3, -0.25) is 0 Å². The summed E-state index contributed by atoms with van der Waals surface area (Å²) >= 11 is 1.88. The minimum absolute atomic E-state index is 0.160. The van der Waals surface area contributed by atoms with E-state index in [9.17, 15) is 14.7 Å². The molecule has 2 amide bonds. The van der Waals surface area contributed by atoms with E-state index in [1.54, 1.807) is 20.8 Å². The Morgan fingerprint density at radius 3 is 2.15 bits per heavy atom. The fourth-order valence-electron chi connectivity index (χ4n) is 2.45. The lowest BCUT2D eigenvalue weighted by Gasteiger charge is -2.31. The maximum absolute atomic E-state index is 11.9. The number of amides is 2. The van der Waals surface area contributed by atoms with Crippen LogP contribution in [0.1, 0.15) is 46.5 Å². The number of hydrogen-bond donors (Lipinski definition) is 3. The summed E-state index contributed by atoms with van der Waals surface area (Å²) in [5.41, 5.74) is -0.514. The summed E-state index contributed by atoms with van der Waals surface area (Å²) in [5.74, 6) is -1.00. The SMILES string of the molecule is CSC1CCC(NC(=O)NC(C(=O)O)C(C)(C)C)CC1. The van der Waals surface area contributed by atoms with Gasteiger partial charge in [0, 0.05) is 11.3 Å². The molecule has 0 bridgehead atoms. The van der Waals surface area contributed by atoms with Gasteiger partial charge in [0.05, 0.1) is 0 Å². The highest BCUT2D eigenvalue weighted by atomic mass is 32.2. The Morgan fingerprint density at radius 2 is 1.75 bits per heavy atom. The van der Waals surface area contributed by atoms with Crippen LogP contribution in [-0.2, 0) is 4.79 Å². The van der Waals surface area contributed by atoms with Crippen molar-refractivity contribution in [1.82, 2.24) is 10.6 Å². The monoisotopic (exact) mass is 302 g/mol. The van der Waals surface area contributed by atoms with E-state index in [4.69, 9.17) is 0 Å². The maximum atomic E-state index is 11.9. The second-order valence-electron chi connectivity index (χ2n) is 6.46. The van der Waals surface area contributed by atoms with Crippen molar-refractivity contribution < 1.29 is 14.7 Å². The van der Waals surface area contributed by atoms with E-state index in [-0.39, 0.29) is 12.1 Å². The standard InChI is InChI=1S/C14H26N2O3S/c1-14(2,3)11(12(17)18)16-13(19)15-9-5-7-10(20-4)8-6-9/h9-11H,5-8H2,1-4H3,(H,17,18)(H2,15,16,19). The predicted molar refractivity (Wildman–Crippen MR) is 82.1 cm³/mol. The smallest absolute Gasteiger partial charge is 0.326 e. The summed E-state index contributed by atoms with van der Waals surface area (Å²) in [6.45, 7) is 5.40. The molecule has 1 saturated carbocycles. The Bertz CT molecular complexity index is 347. The van der Waals surface area contributed by atoms with Gasteiger partial charge in [0.1, 0.15) is 6.04 Å². The van der Waals surface area contributed by atoms with Gasteiger partial charge in [-0.2, -0.15) is 11.8 Å². The van der Waals surface area contributed by atoms with E-state index < -0.39 is 17.4 Å². The molecule has 1 unspecified atom stereocenters. The summed E-state index contributed by atoms with van der Waals surface area (Å²) in [6, 6.07) is -1.10. The summed E-state index contributed by atoms with van der Waals surface area (Å²) in [7, 11) is 0. The molecule has 0 spiro atoms. The molecule has 0 aromatic rings. The van der Waals surface area contributed by atoms with Crippen LogP contribution in [0, 0.1) is 5.41 Å². The van der Waals surface area contributed by atoms with Gasteiger partial charge in [0.15, 0.2) is 0 Å². The van der Waals surface area contributed by atoms with Gasteiger partial charge < -0.3 is 15.7 Å². The molecule has 3 N–H and O–H groups in total. The van der Waals surface area contributed by atoms with Crippen LogP contribution in [0.5, 0.6) is 0 Å². The lowest BCUT2D eigenvalue weighted by Crippen LogP contribution is -2.54. The van der Waals surface area contributed by atoms with E-state index in [2.05, 4.69) is 16.9 Å². The topological polar surface area (TPSA) is 78.4 Å². The first kappa shape index (κ1) is 17.1. The third-order valence-electron chi connectivity index (χ3n) is 3.73. The molecule has 0 radical (unpaired) electrons. The van der Waals surface area contributed by atoms with Gasteiger partial charge in [-0.05, 0) is 37.4 Å². The lowest BCUT2D eigenvalue weighted by molar-refractivity contribution is -0.141. The zero-order chi connectivity index (χ0) is 15.3. The van der Waals surface area contributed by atoms with Gasteiger partial charge in [0.2, 0.25) is 0 Å². The molecule has 1 fully saturated rings. The molecule has 5 nitrogen and oxygen atoms in total. The quantitative estimate of drug-likeness (QED) is 0.745. The van der Waals surface area contributed by atoms with Crippen LogP contribution in [0.3, 0.4) is 0 Å². The fourth-order valence-corrected chi connectivity index (χ4v) is 3.19. The molecule has 116 valence electrons. The molecule has 1 aliphatic rings. The van der Waals surface area contributed by atoms with Crippen molar-refractivity contribution in [3.8, 4) is 0 Å². The summed E-state index contributed by atoms with van der Waals surface area (Å²) < 4.78 is 0. The molecule has 6 heteroatoms. The Labute approximate surface area is 125 Å². The highest BCUT2D eigenvalue weighted by molar-refractivity contribution is 7.99. The third-order valence-corrected chi connectivity index (χ3v) is 4.87. The first-order valence-corrected chi connectivity index (χ1v) is 8.35. The number of carboxylic acid groups (broad SMARTS) is 1. The number of thioether (sulfide) groups is 1. The number of aliphatic carboxylic acids is 1. The Hall–Kier alpha value is -0.910. The molecular formula is C14H26N2O3S. The van der Waals surface area contributed by atoms with Gasteiger partial charge in [-0.15, -0.1) is 0 Å². The number of hydrogen-bond acceptors (Lipinski definition) is 3. The largest absolute Gasteiger partial charge is 0.480 e. The second kappa shape index (κ2) is 7.20. The molecule has 0 aliphatic heterocycles. The van der Waals surface area contributed by atoms with Crippen LogP contribution in [0.15, 0.2) is 0 Å². The average molecular weight is 302 g/mol. The number of nitrogens with one attached hydrogen (secondary N) is 2. The molecule has 0 heterocycles. The summed E-state index contributed by atoms with van der Waals surface area (Å²) in [4.78, 5) is 23.1. The van der Waals surface area contributed by atoms with E-state index in [1.807, 2.05) is 11.8 Å². The molecule has 0 aromatic heterocycles. The zero-order valence-corrected chi connectivity index (χ0v) is 13.5. The first-order chi connectivity index (χ1) is 9.24. The lowest BCUT2D eigenvalue weighted by atomic mass is 9.87. The van der Waals surface area contributed by atoms with Crippen LogP contribution in [0.4, 0.5) is 4.79 Å². The Kier molecular flexibility index (Phi) is 6.17. The van der Waals surface area contributed by atoms with Crippen molar-refractivity contribution in [2.75, 3.05) is 6.26 Å². The molecule has 0 aromatic carbocycles. The summed E-state index contributed by atoms with van der Waals surface area (Å²) in [5, 5.41) is 15.3. The van der Waals surface area contributed by atoms with Crippen molar-refractivity contribution in [2.45, 2.75) is 63.8 Å². The molecular weight excluding hydrogens is 276 g/mol. The van der Waals surface area contributed by atoms with Gasteiger partial charge in [-0.25, -0.2) is 9.59 Å². The van der Waals surface area contributed by atoms with E-state index in [0.29, 0.717) is 5.25 Å². The van der Waals surface area contributed by atoms with Crippen molar-refractivity contribution in [3.63, 3.8) is 0 Å². The van der Waals surface area contributed by atoms with Crippen molar-refractivity contribution in [3.05, 3.63) is 0 Å². The number of carbonyl (C=O) groups is 2. The maximum Gasteiger partial charge on any atom is 0.326 e. The van der Waals surface area contributed by atoms with Crippen LogP contribution in [-0.4, -0.2) is 40.7 Å². The van der Waals surface area contributed by atoms with E-state index in [0.717, 1.165) is 25.7 Å². The van der Waals surface area contributed by atoms with Gasteiger partial charge in [-0.1, -0.05) is 20.8 Å². The van der Waals surface area contributed by atoms with Gasteiger partial charge >= 0.3 is 12.0 Å². The van der Waals surface area contributed by atoms with Gasteiger partial charge in [0.25, 0.3) is 0 Å². The number of rotatable bonds is 4. The molecule has 0 saturated heterocycles. The molecule has 1 atom stereocenters. The van der Waals surface area contributed by atoms with E-state index in [1.165, 1.54) is 0 Å². The number of urea groups is 1. The second-order valence-corrected chi connectivity index (χ2v) is 7.60. The predicted octanol–water partition coefficient (Wildman–Crippen LogP) is 2.46. The summed E-state index contributed by atoms with van der Waals surface area (Å²) in [6.07, 6.45) is 6.26. The van der Waals surface area contributed by atoms with Crippen molar-refractivity contribution in [2.24, 2.45) is 5.41 Å². The Balaban J connectivity index is 2.45. The number of carbonyl (C=O) groups excluding carboxylic acids is 1. The van der Waals surface area contributed by atoms with Crippen molar-refractivity contribution in [1.29, 1.82) is 0 Å². The third kappa shape index (κ3) is 5.23. The Morgan fingerprint density at radius 1 is 1.20 bits per heavy atom. The highest BCUT2D eigenvalue weighted by Gasteiger charge is 2.33. The zero-order valence-electron chi connectivity index (χ0n) is 12.7. The number of carboxylic acids is 1. The van der Waals surface area contributed by atoms with Crippen LogP contribution < -0.4 is 10.6 Å². The minimum atomic E-state index is -1.00. The molecule has 20 heavy (non-hydrogen) atoms. The fraction of sp³-hybridized carbons (Fsp3) is 0.857. The molecule has 1 rings (SSSR count). The molecule has 1 aliphatic carbocycles. The van der Waals surface area contributed by atoms with Crippen molar-refractivity contribution >= 4 is 23.8 Å². The van der Waals surface area contributed by atoms with Crippen LogP contribution in [0.2, 0.25) is 0 Å². The minimum Gasteiger partial charge on any atom is -0.480 e.